The summed E-state index contributed by atoms with van der Waals surface area (Å²) >= 11 is 23.8. The fraction of sp³-hybridized carbons (Fsp3) is 0.143. The van der Waals surface area contributed by atoms with Crippen LogP contribution in [0.4, 0.5) is 11.4 Å². The predicted octanol–water partition coefficient (Wildman–Crippen LogP) is 5.82. The van der Waals surface area contributed by atoms with Crippen LogP contribution in [0.15, 0.2) is 36.4 Å². The second-order valence-electron chi connectivity index (χ2n) is 4.10. The van der Waals surface area contributed by atoms with E-state index < -0.39 is 0 Å². The standard InChI is InChI=1S/C14H12Cl4N2/c15-9-1-3-13(11(17)7-9)19-5-6-20-14-4-2-10(16)8-12(14)18/h1-4,7-8,19-20H,5-6H2. The molecule has 0 saturated heterocycles. The lowest BCUT2D eigenvalue weighted by atomic mass is 10.3. The third kappa shape index (κ3) is 4.35. The van der Waals surface area contributed by atoms with Gasteiger partial charge in [0.15, 0.2) is 0 Å². The molecule has 0 amide bonds. The van der Waals surface area contributed by atoms with Crippen molar-refractivity contribution in [1.82, 2.24) is 0 Å². The van der Waals surface area contributed by atoms with E-state index in [-0.39, 0.29) is 0 Å². The molecule has 2 nitrogen and oxygen atoms in total. The van der Waals surface area contributed by atoms with Gasteiger partial charge in [-0.25, -0.2) is 0 Å². The van der Waals surface area contributed by atoms with Crippen molar-refractivity contribution < 1.29 is 0 Å². The van der Waals surface area contributed by atoms with Crippen LogP contribution >= 0.6 is 46.4 Å². The Morgan fingerprint density at radius 3 is 1.40 bits per heavy atom. The summed E-state index contributed by atoms with van der Waals surface area (Å²) in [5.74, 6) is 0. The summed E-state index contributed by atoms with van der Waals surface area (Å²) in [6.45, 7) is 1.39. The van der Waals surface area contributed by atoms with E-state index in [1.165, 1.54) is 0 Å². The van der Waals surface area contributed by atoms with E-state index in [0.717, 1.165) is 11.4 Å². The molecule has 0 aliphatic heterocycles. The first-order valence-corrected chi connectivity index (χ1v) is 7.45. The zero-order valence-corrected chi connectivity index (χ0v) is 13.4. The highest BCUT2D eigenvalue weighted by Gasteiger charge is 2.02. The van der Waals surface area contributed by atoms with Gasteiger partial charge in [0.1, 0.15) is 0 Å². The number of hydrogen-bond donors (Lipinski definition) is 2. The van der Waals surface area contributed by atoms with Gasteiger partial charge in [0.05, 0.1) is 21.4 Å². The van der Waals surface area contributed by atoms with Gasteiger partial charge in [-0.2, -0.15) is 0 Å². The Kier molecular flexibility index (Phi) is 5.67. The van der Waals surface area contributed by atoms with Crippen molar-refractivity contribution in [3.8, 4) is 0 Å². The van der Waals surface area contributed by atoms with Crippen molar-refractivity contribution >= 4 is 57.8 Å². The zero-order chi connectivity index (χ0) is 14.5. The summed E-state index contributed by atoms with van der Waals surface area (Å²) in [7, 11) is 0. The topological polar surface area (TPSA) is 24.1 Å². The van der Waals surface area contributed by atoms with Crippen molar-refractivity contribution in [3.63, 3.8) is 0 Å². The highest BCUT2D eigenvalue weighted by Crippen LogP contribution is 2.26. The smallest absolute Gasteiger partial charge is 0.0652 e. The van der Waals surface area contributed by atoms with E-state index in [1.54, 1.807) is 24.3 Å². The van der Waals surface area contributed by atoms with Gasteiger partial charge in [-0.05, 0) is 36.4 Å². The molecule has 0 atom stereocenters. The van der Waals surface area contributed by atoms with Crippen molar-refractivity contribution in [2.24, 2.45) is 0 Å². The molecular formula is C14H12Cl4N2. The largest absolute Gasteiger partial charge is 0.382 e. The molecule has 2 aromatic rings. The maximum absolute atomic E-state index is 6.06. The molecule has 0 spiro atoms. The minimum atomic E-state index is 0.599. The van der Waals surface area contributed by atoms with Crippen molar-refractivity contribution in [1.29, 1.82) is 0 Å². The van der Waals surface area contributed by atoms with Crippen molar-refractivity contribution in [2.45, 2.75) is 0 Å². The molecule has 0 heterocycles. The molecule has 0 saturated carbocycles. The van der Waals surface area contributed by atoms with Gasteiger partial charge in [0.25, 0.3) is 0 Å². The molecule has 0 aliphatic carbocycles. The molecule has 0 bridgehead atoms. The Labute approximate surface area is 138 Å². The molecular weight excluding hydrogens is 338 g/mol. The van der Waals surface area contributed by atoms with E-state index in [4.69, 9.17) is 46.4 Å². The molecule has 0 unspecified atom stereocenters. The average Bonchev–Trinajstić information content (AvgIpc) is 2.39. The molecule has 6 heteroatoms. The predicted molar refractivity (Wildman–Crippen MR) is 89.9 cm³/mol. The van der Waals surface area contributed by atoms with Gasteiger partial charge >= 0.3 is 0 Å². The second kappa shape index (κ2) is 7.28. The molecule has 0 radical (unpaired) electrons. The van der Waals surface area contributed by atoms with Crippen molar-refractivity contribution in [3.05, 3.63) is 56.5 Å². The summed E-state index contributed by atoms with van der Waals surface area (Å²) in [6.07, 6.45) is 0. The first kappa shape index (κ1) is 15.6. The van der Waals surface area contributed by atoms with Crippen LogP contribution in [0.25, 0.3) is 0 Å². The summed E-state index contributed by atoms with van der Waals surface area (Å²) in [5, 5.41) is 8.87. The Balaban J connectivity index is 1.84. The van der Waals surface area contributed by atoms with Crippen LogP contribution in [-0.2, 0) is 0 Å². The highest BCUT2D eigenvalue weighted by atomic mass is 35.5. The summed E-state index contributed by atoms with van der Waals surface area (Å²) in [5.41, 5.74) is 1.69. The van der Waals surface area contributed by atoms with Crippen molar-refractivity contribution in [2.75, 3.05) is 23.7 Å². The maximum Gasteiger partial charge on any atom is 0.0652 e. The minimum absolute atomic E-state index is 0.599. The maximum atomic E-state index is 6.06. The molecule has 0 aliphatic rings. The van der Waals surface area contributed by atoms with E-state index in [0.29, 0.717) is 33.2 Å². The number of benzene rings is 2. The summed E-state index contributed by atoms with van der Waals surface area (Å²) < 4.78 is 0. The SMILES string of the molecule is Clc1ccc(NCCNc2ccc(Cl)cc2Cl)c(Cl)c1. The molecule has 2 aromatic carbocycles. The van der Waals surface area contributed by atoms with Crippen LogP contribution in [0.2, 0.25) is 20.1 Å². The Hall–Kier alpha value is -0.800. The fourth-order valence-corrected chi connectivity index (χ4v) is 2.61. The number of hydrogen-bond acceptors (Lipinski definition) is 2. The third-order valence-electron chi connectivity index (χ3n) is 2.62. The minimum Gasteiger partial charge on any atom is -0.382 e. The number of nitrogens with one attached hydrogen (secondary N) is 2. The van der Waals surface area contributed by atoms with Crippen LogP contribution < -0.4 is 10.6 Å². The molecule has 2 N–H and O–H groups in total. The third-order valence-corrected chi connectivity index (χ3v) is 3.71. The van der Waals surface area contributed by atoms with Gasteiger partial charge < -0.3 is 10.6 Å². The Morgan fingerprint density at radius 2 is 1.05 bits per heavy atom. The van der Waals surface area contributed by atoms with Crippen LogP contribution in [-0.4, -0.2) is 13.1 Å². The quantitative estimate of drug-likeness (QED) is 0.664. The first-order chi connectivity index (χ1) is 9.56. The monoisotopic (exact) mass is 348 g/mol. The van der Waals surface area contributed by atoms with Gasteiger partial charge in [-0.3, -0.25) is 0 Å². The van der Waals surface area contributed by atoms with E-state index >= 15 is 0 Å². The highest BCUT2D eigenvalue weighted by molar-refractivity contribution is 6.36. The van der Waals surface area contributed by atoms with Gasteiger partial charge in [-0.1, -0.05) is 46.4 Å². The molecule has 0 fully saturated rings. The van der Waals surface area contributed by atoms with E-state index in [2.05, 4.69) is 10.6 Å². The van der Waals surface area contributed by atoms with E-state index in [1.807, 2.05) is 12.1 Å². The molecule has 20 heavy (non-hydrogen) atoms. The Morgan fingerprint density at radius 1 is 0.650 bits per heavy atom. The van der Waals surface area contributed by atoms with Crippen LogP contribution in [0.1, 0.15) is 0 Å². The number of halogens is 4. The summed E-state index contributed by atoms with van der Waals surface area (Å²) in [4.78, 5) is 0. The lowest BCUT2D eigenvalue weighted by Crippen LogP contribution is -2.14. The average molecular weight is 350 g/mol. The molecule has 0 aromatic heterocycles. The number of rotatable bonds is 5. The van der Waals surface area contributed by atoms with Crippen LogP contribution in [0.3, 0.4) is 0 Å². The zero-order valence-electron chi connectivity index (χ0n) is 10.4. The summed E-state index contributed by atoms with van der Waals surface area (Å²) in [6, 6.07) is 10.7. The lowest BCUT2D eigenvalue weighted by molar-refractivity contribution is 1.08. The second-order valence-corrected chi connectivity index (χ2v) is 5.79. The molecule has 106 valence electrons. The first-order valence-electron chi connectivity index (χ1n) is 5.94. The number of anilines is 2. The normalized spacial score (nSPS) is 10.4. The van der Waals surface area contributed by atoms with Crippen LogP contribution in [0.5, 0.6) is 0 Å². The van der Waals surface area contributed by atoms with Crippen LogP contribution in [0, 0.1) is 0 Å². The van der Waals surface area contributed by atoms with Gasteiger partial charge in [0.2, 0.25) is 0 Å². The fourth-order valence-electron chi connectivity index (χ4n) is 1.66. The lowest BCUT2D eigenvalue weighted by Gasteiger charge is -2.11. The van der Waals surface area contributed by atoms with E-state index in [9.17, 15) is 0 Å². The van der Waals surface area contributed by atoms with Gasteiger partial charge in [0, 0.05) is 23.1 Å². The molecule has 2 rings (SSSR count). The Bertz CT molecular complexity index is 548. The van der Waals surface area contributed by atoms with Gasteiger partial charge in [-0.15, -0.1) is 0 Å².